The van der Waals surface area contributed by atoms with Crippen LogP contribution in [-0.4, -0.2) is 17.7 Å². The zero-order valence-electron chi connectivity index (χ0n) is 8.64. The van der Waals surface area contributed by atoms with Gasteiger partial charge >= 0.3 is 5.97 Å². The van der Waals surface area contributed by atoms with Gasteiger partial charge in [0.1, 0.15) is 5.75 Å². The molecule has 1 N–H and O–H groups in total. The molecule has 1 heterocycles. The van der Waals surface area contributed by atoms with E-state index in [1.807, 2.05) is 13.0 Å². The Hall–Kier alpha value is -1.51. The number of esters is 1. The van der Waals surface area contributed by atoms with Crippen molar-refractivity contribution in [3.8, 4) is 5.75 Å². The maximum absolute atomic E-state index is 11.4. The molecule has 0 spiro atoms. The van der Waals surface area contributed by atoms with E-state index in [1.54, 1.807) is 18.2 Å². The van der Waals surface area contributed by atoms with Crippen LogP contribution in [-0.2, 0) is 16.0 Å². The number of ether oxygens (including phenoxy) is 1. The summed E-state index contributed by atoms with van der Waals surface area (Å²) in [5.74, 6) is 0.323. The number of rotatable bonds is 2. The first-order valence-corrected chi connectivity index (χ1v) is 5.11. The number of phenolic OH excluding ortho intramolecular Hbond substituents is 1. The molecule has 1 aliphatic rings. The highest BCUT2D eigenvalue weighted by molar-refractivity contribution is 5.75. The van der Waals surface area contributed by atoms with Gasteiger partial charge in [-0.2, -0.15) is 0 Å². The molecule has 15 heavy (non-hydrogen) atoms. The molecule has 1 aromatic carbocycles. The van der Waals surface area contributed by atoms with E-state index in [-0.39, 0.29) is 23.6 Å². The summed E-state index contributed by atoms with van der Waals surface area (Å²) in [6.07, 6.45) is 0.647. The van der Waals surface area contributed by atoms with Crippen LogP contribution in [0, 0.1) is 11.8 Å². The molecule has 2 unspecified atom stereocenters. The number of hydrogen-bond donors (Lipinski definition) is 1. The van der Waals surface area contributed by atoms with E-state index in [9.17, 15) is 9.90 Å². The van der Waals surface area contributed by atoms with Crippen molar-refractivity contribution in [2.45, 2.75) is 13.3 Å². The smallest absolute Gasteiger partial charge is 0.309 e. The Kier molecular flexibility index (Phi) is 2.62. The van der Waals surface area contributed by atoms with Gasteiger partial charge in [-0.1, -0.05) is 19.1 Å². The van der Waals surface area contributed by atoms with Crippen molar-refractivity contribution in [3.05, 3.63) is 29.8 Å². The number of phenols is 1. The lowest BCUT2D eigenvalue weighted by Gasteiger charge is -2.10. The predicted octanol–water partition coefficient (Wildman–Crippen LogP) is 1.74. The van der Waals surface area contributed by atoms with Crippen molar-refractivity contribution in [2.24, 2.45) is 11.8 Å². The monoisotopic (exact) mass is 206 g/mol. The summed E-state index contributed by atoms with van der Waals surface area (Å²) in [4.78, 5) is 11.4. The third-order valence-electron chi connectivity index (χ3n) is 2.84. The zero-order chi connectivity index (χ0) is 10.8. The third-order valence-corrected chi connectivity index (χ3v) is 2.84. The number of aromatic hydroxyl groups is 1. The molecule has 3 heteroatoms. The van der Waals surface area contributed by atoms with Crippen LogP contribution < -0.4 is 0 Å². The van der Waals surface area contributed by atoms with Crippen LogP contribution in [0.3, 0.4) is 0 Å². The van der Waals surface area contributed by atoms with Crippen molar-refractivity contribution in [2.75, 3.05) is 6.61 Å². The molecule has 0 aliphatic carbocycles. The molecule has 2 atom stereocenters. The summed E-state index contributed by atoms with van der Waals surface area (Å²) in [6.45, 7) is 2.53. The average molecular weight is 206 g/mol. The minimum absolute atomic E-state index is 0.0631. The van der Waals surface area contributed by atoms with E-state index in [0.717, 1.165) is 5.56 Å². The predicted molar refractivity (Wildman–Crippen MR) is 55.4 cm³/mol. The Labute approximate surface area is 88.7 Å². The highest BCUT2D eigenvalue weighted by Gasteiger charge is 2.33. The number of carbonyl (C=O) groups is 1. The largest absolute Gasteiger partial charge is 0.508 e. The average Bonchev–Trinajstić information content (AvgIpc) is 2.50. The van der Waals surface area contributed by atoms with Crippen LogP contribution >= 0.6 is 0 Å². The Morgan fingerprint density at radius 1 is 1.53 bits per heavy atom. The molecule has 0 aromatic heterocycles. The Balaban J connectivity index is 2.11. The summed E-state index contributed by atoms with van der Waals surface area (Å²) in [5, 5.41) is 9.30. The summed E-state index contributed by atoms with van der Waals surface area (Å²) < 4.78 is 4.98. The Morgan fingerprint density at radius 2 is 2.33 bits per heavy atom. The molecule has 2 rings (SSSR count). The van der Waals surface area contributed by atoms with Gasteiger partial charge in [0.05, 0.1) is 12.5 Å². The molecule has 0 bridgehead atoms. The van der Waals surface area contributed by atoms with Gasteiger partial charge in [0.15, 0.2) is 0 Å². The maximum atomic E-state index is 11.4. The highest BCUT2D eigenvalue weighted by Crippen LogP contribution is 2.26. The minimum atomic E-state index is -0.120. The van der Waals surface area contributed by atoms with Crippen molar-refractivity contribution < 1.29 is 14.6 Å². The molecule has 3 nitrogen and oxygen atoms in total. The molecule has 1 saturated heterocycles. The van der Waals surface area contributed by atoms with Crippen molar-refractivity contribution in [3.63, 3.8) is 0 Å². The second-order valence-corrected chi connectivity index (χ2v) is 4.09. The van der Waals surface area contributed by atoms with Crippen molar-refractivity contribution in [1.29, 1.82) is 0 Å². The van der Waals surface area contributed by atoms with E-state index >= 15 is 0 Å². The fourth-order valence-electron chi connectivity index (χ4n) is 1.89. The Morgan fingerprint density at radius 3 is 2.93 bits per heavy atom. The first-order valence-electron chi connectivity index (χ1n) is 5.11. The van der Waals surface area contributed by atoms with Gasteiger partial charge in [0.25, 0.3) is 0 Å². The first kappa shape index (κ1) is 10.0. The maximum Gasteiger partial charge on any atom is 0.309 e. The van der Waals surface area contributed by atoms with Gasteiger partial charge in [-0.3, -0.25) is 4.79 Å². The molecule has 0 radical (unpaired) electrons. The molecule has 0 saturated carbocycles. The molecule has 1 aromatic rings. The van der Waals surface area contributed by atoms with Gasteiger partial charge in [-0.05, 0) is 24.1 Å². The van der Waals surface area contributed by atoms with E-state index < -0.39 is 0 Å². The van der Waals surface area contributed by atoms with E-state index in [1.165, 1.54) is 0 Å². The van der Waals surface area contributed by atoms with Crippen LogP contribution in [0.4, 0.5) is 0 Å². The quantitative estimate of drug-likeness (QED) is 0.750. The topological polar surface area (TPSA) is 46.5 Å². The normalized spacial score (nSPS) is 25.3. The zero-order valence-corrected chi connectivity index (χ0v) is 8.64. The minimum Gasteiger partial charge on any atom is -0.508 e. The summed E-state index contributed by atoms with van der Waals surface area (Å²) in [6, 6.07) is 7.02. The second kappa shape index (κ2) is 3.93. The van der Waals surface area contributed by atoms with Crippen LogP contribution in [0.25, 0.3) is 0 Å². The molecular formula is C12H14O3. The van der Waals surface area contributed by atoms with Gasteiger partial charge in [-0.25, -0.2) is 0 Å². The summed E-state index contributed by atoms with van der Waals surface area (Å²) in [5.41, 5.74) is 0.978. The first-order chi connectivity index (χ1) is 7.16. The van der Waals surface area contributed by atoms with Gasteiger partial charge in [0.2, 0.25) is 0 Å². The number of cyclic esters (lactones) is 1. The summed E-state index contributed by atoms with van der Waals surface area (Å²) >= 11 is 0. The van der Waals surface area contributed by atoms with Crippen LogP contribution in [0.5, 0.6) is 5.75 Å². The Bertz CT molecular complexity index is 373. The van der Waals surface area contributed by atoms with E-state index in [0.29, 0.717) is 13.0 Å². The van der Waals surface area contributed by atoms with Crippen LogP contribution in [0.2, 0.25) is 0 Å². The number of carbonyl (C=O) groups excluding carboxylic acids is 1. The van der Waals surface area contributed by atoms with Crippen molar-refractivity contribution in [1.82, 2.24) is 0 Å². The van der Waals surface area contributed by atoms with Crippen LogP contribution in [0.15, 0.2) is 24.3 Å². The van der Waals surface area contributed by atoms with Crippen LogP contribution in [0.1, 0.15) is 12.5 Å². The van der Waals surface area contributed by atoms with Gasteiger partial charge in [0, 0.05) is 5.92 Å². The van der Waals surface area contributed by atoms with E-state index in [4.69, 9.17) is 4.74 Å². The number of benzene rings is 1. The fraction of sp³-hybridized carbons (Fsp3) is 0.417. The second-order valence-electron chi connectivity index (χ2n) is 4.09. The molecular weight excluding hydrogens is 192 g/mol. The van der Waals surface area contributed by atoms with Crippen molar-refractivity contribution >= 4 is 5.97 Å². The highest BCUT2D eigenvalue weighted by atomic mass is 16.5. The SMILES string of the molecule is CC1COC(=O)C1Cc1cccc(O)c1. The molecule has 1 fully saturated rings. The summed E-state index contributed by atoms with van der Waals surface area (Å²) in [7, 11) is 0. The molecule has 0 amide bonds. The number of hydrogen-bond acceptors (Lipinski definition) is 3. The molecule has 80 valence electrons. The lowest BCUT2D eigenvalue weighted by Crippen LogP contribution is -2.16. The lowest BCUT2D eigenvalue weighted by atomic mass is 9.90. The fourth-order valence-corrected chi connectivity index (χ4v) is 1.89. The van der Waals surface area contributed by atoms with Gasteiger partial charge < -0.3 is 9.84 Å². The standard InChI is InChI=1S/C12H14O3/c1-8-7-15-12(14)11(8)6-9-3-2-4-10(13)5-9/h2-5,8,11,13H,6-7H2,1H3. The lowest BCUT2D eigenvalue weighted by molar-refractivity contribution is -0.141. The van der Waals surface area contributed by atoms with Gasteiger partial charge in [-0.15, -0.1) is 0 Å². The van der Waals surface area contributed by atoms with E-state index in [2.05, 4.69) is 0 Å². The molecule has 1 aliphatic heterocycles. The third kappa shape index (κ3) is 2.12.